The highest BCUT2D eigenvalue weighted by Crippen LogP contribution is 2.02. The number of carboxylic acid groups (broad SMARTS) is 1. The molecule has 0 aromatic carbocycles. The SMILES string of the molecule is N=C(CC(=O)O)Cc1ccco1. The van der Waals surface area contributed by atoms with Gasteiger partial charge in [-0.25, -0.2) is 0 Å². The first-order chi connectivity index (χ1) is 5.68. The lowest BCUT2D eigenvalue weighted by molar-refractivity contribution is -0.135. The van der Waals surface area contributed by atoms with E-state index in [0.29, 0.717) is 5.76 Å². The van der Waals surface area contributed by atoms with Crippen LogP contribution in [0.5, 0.6) is 0 Å². The lowest BCUT2D eigenvalue weighted by atomic mass is 10.2. The lowest BCUT2D eigenvalue weighted by Crippen LogP contribution is -2.07. The Hall–Kier alpha value is -1.58. The molecule has 4 nitrogen and oxygen atoms in total. The lowest BCUT2D eigenvalue weighted by Gasteiger charge is -1.96. The topological polar surface area (TPSA) is 74.3 Å². The normalized spacial score (nSPS) is 9.67. The van der Waals surface area contributed by atoms with Crippen molar-refractivity contribution in [2.45, 2.75) is 12.8 Å². The van der Waals surface area contributed by atoms with Crippen LogP contribution >= 0.6 is 0 Å². The van der Waals surface area contributed by atoms with E-state index in [4.69, 9.17) is 14.9 Å². The van der Waals surface area contributed by atoms with Crippen LogP contribution in [0.25, 0.3) is 0 Å². The summed E-state index contributed by atoms with van der Waals surface area (Å²) in [5.41, 5.74) is 0.150. The average molecular weight is 167 g/mol. The predicted octanol–water partition coefficient (Wildman–Crippen LogP) is 1.32. The van der Waals surface area contributed by atoms with Crippen LogP contribution in [0.15, 0.2) is 22.8 Å². The molecule has 64 valence electrons. The Labute approximate surface area is 69.3 Å². The molecule has 0 atom stereocenters. The third-order valence-corrected chi connectivity index (χ3v) is 1.33. The van der Waals surface area contributed by atoms with Gasteiger partial charge in [0.1, 0.15) is 5.76 Å². The van der Waals surface area contributed by atoms with E-state index in [0.717, 1.165) is 0 Å². The smallest absolute Gasteiger partial charge is 0.309 e. The van der Waals surface area contributed by atoms with Gasteiger partial charge in [-0.2, -0.15) is 0 Å². The molecule has 1 aromatic rings. The fourth-order valence-electron chi connectivity index (χ4n) is 0.869. The molecule has 0 radical (unpaired) electrons. The van der Waals surface area contributed by atoms with Crippen LogP contribution in [0.1, 0.15) is 12.2 Å². The maximum absolute atomic E-state index is 10.2. The summed E-state index contributed by atoms with van der Waals surface area (Å²) in [5, 5.41) is 15.6. The number of carbonyl (C=O) groups is 1. The maximum Gasteiger partial charge on any atom is 0.309 e. The van der Waals surface area contributed by atoms with Gasteiger partial charge in [0.15, 0.2) is 0 Å². The number of hydrogen-bond donors (Lipinski definition) is 2. The summed E-state index contributed by atoms with van der Waals surface area (Å²) >= 11 is 0. The number of rotatable bonds is 4. The minimum Gasteiger partial charge on any atom is -0.481 e. The number of carboxylic acids is 1. The average Bonchev–Trinajstić information content (AvgIpc) is 2.37. The predicted molar refractivity (Wildman–Crippen MR) is 42.4 cm³/mol. The van der Waals surface area contributed by atoms with E-state index in [1.165, 1.54) is 6.26 Å². The number of nitrogens with one attached hydrogen (secondary N) is 1. The molecule has 0 aliphatic heterocycles. The minimum absolute atomic E-state index is 0.150. The van der Waals surface area contributed by atoms with E-state index in [9.17, 15) is 4.79 Å². The summed E-state index contributed by atoms with van der Waals surface area (Å²) < 4.78 is 4.95. The fourth-order valence-corrected chi connectivity index (χ4v) is 0.869. The third kappa shape index (κ3) is 2.57. The number of aliphatic carboxylic acids is 1. The van der Waals surface area contributed by atoms with Gasteiger partial charge in [-0.3, -0.25) is 4.79 Å². The molecule has 0 bridgehead atoms. The zero-order valence-electron chi connectivity index (χ0n) is 6.41. The zero-order valence-corrected chi connectivity index (χ0v) is 6.41. The van der Waals surface area contributed by atoms with Gasteiger partial charge in [0.25, 0.3) is 0 Å². The first-order valence-electron chi connectivity index (χ1n) is 3.49. The highest BCUT2D eigenvalue weighted by molar-refractivity contribution is 5.97. The van der Waals surface area contributed by atoms with E-state index >= 15 is 0 Å². The Morgan fingerprint density at radius 2 is 2.42 bits per heavy atom. The second-order valence-corrected chi connectivity index (χ2v) is 2.43. The summed E-state index contributed by atoms with van der Waals surface area (Å²) in [6.45, 7) is 0. The Bertz CT molecular complexity index is 277. The Morgan fingerprint density at radius 1 is 1.67 bits per heavy atom. The molecular formula is C8H9NO3. The van der Waals surface area contributed by atoms with Crippen molar-refractivity contribution in [3.8, 4) is 0 Å². The van der Waals surface area contributed by atoms with Crippen molar-refractivity contribution < 1.29 is 14.3 Å². The summed E-state index contributed by atoms with van der Waals surface area (Å²) in [6.07, 6.45) is 1.56. The van der Waals surface area contributed by atoms with Gasteiger partial charge in [-0.1, -0.05) is 0 Å². The van der Waals surface area contributed by atoms with Gasteiger partial charge < -0.3 is 14.9 Å². The van der Waals surface area contributed by atoms with Crippen molar-refractivity contribution in [2.24, 2.45) is 0 Å². The van der Waals surface area contributed by atoms with Crippen molar-refractivity contribution in [1.29, 1.82) is 5.41 Å². The Morgan fingerprint density at radius 3 is 2.92 bits per heavy atom. The van der Waals surface area contributed by atoms with Crippen LogP contribution < -0.4 is 0 Å². The van der Waals surface area contributed by atoms with Crippen molar-refractivity contribution in [2.75, 3.05) is 0 Å². The quantitative estimate of drug-likeness (QED) is 0.664. The van der Waals surface area contributed by atoms with E-state index in [-0.39, 0.29) is 18.6 Å². The van der Waals surface area contributed by atoms with Crippen LogP contribution in [-0.2, 0) is 11.2 Å². The molecule has 0 aliphatic carbocycles. The van der Waals surface area contributed by atoms with Gasteiger partial charge in [0, 0.05) is 12.1 Å². The van der Waals surface area contributed by atoms with Crippen LogP contribution in [-0.4, -0.2) is 16.8 Å². The van der Waals surface area contributed by atoms with Crippen molar-refractivity contribution >= 4 is 11.7 Å². The minimum atomic E-state index is -0.980. The molecule has 1 rings (SSSR count). The van der Waals surface area contributed by atoms with Crippen LogP contribution in [0.4, 0.5) is 0 Å². The molecule has 0 amide bonds. The highest BCUT2D eigenvalue weighted by Gasteiger charge is 2.05. The van der Waals surface area contributed by atoms with Crippen LogP contribution in [0.2, 0.25) is 0 Å². The first-order valence-corrected chi connectivity index (χ1v) is 3.49. The van der Waals surface area contributed by atoms with E-state index in [1.54, 1.807) is 12.1 Å². The molecule has 0 aliphatic rings. The van der Waals surface area contributed by atoms with E-state index in [1.807, 2.05) is 0 Å². The van der Waals surface area contributed by atoms with Gasteiger partial charge in [0.2, 0.25) is 0 Å². The van der Waals surface area contributed by atoms with Crippen molar-refractivity contribution in [1.82, 2.24) is 0 Å². The van der Waals surface area contributed by atoms with Gasteiger partial charge in [-0.15, -0.1) is 0 Å². The van der Waals surface area contributed by atoms with Gasteiger partial charge >= 0.3 is 5.97 Å². The molecule has 0 spiro atoms. The molecular weight excluding hydrogens is 158 g/mol. The van der Waals surface area contributed by atoms with Crippen molar-refractivity contribution in [3.05, 3.63) is 24.2 Å². The first kappa shape index (κ1) is 8.52. The number of hydrogen-bond acceptors (Lipinski definition) is 3. The molecule has 1 heterocycles. The largest absolute Gasteiger partial charge is 0.481 e. The second kappa shape index (κ2) is 3.71. The fraction of sp³-hybridized carbons (Fsp3) is 0.250. The Kier molecular flexibility index (Phi) is 2.63. The molecule has 0 fully saturated rings. The standard InChI is InChI=1S/C8H9NO3/c9-6(5-8(10)11)4-7-2-1-3-12-7/h1-3,9H,4-5H2,(H,10,11). The number of furan rings is 1. The monoisotopic (exact) mass is 167 g/mol. The van der Waals surface area contributed by atoms with Crippen LogP contribution in [0.3, 0.4) is 0 Å². The maximum atomic E-state index is 10.2. The van der Waals surface area contributed by atoms with Gasteiger partial charge in [0.05, 0.1) is 12.7 Å². The van der Waals surface area contributed by atoms with E-state index < -0.39 is 5.97 Å². The molecule has 1 aromatic heterocycles. The molecule has 0 unspecified atom stereocenters. The molecule has 0 saturated heterocycles. The van der Waals surface area contributed by atoms with Gasteiger partial charge in [-0.05, 0) is 12.1 Å². The molecule has 2 N–H and O–H groups in total. The molecule has 12 heavy (non-hydrogen) atoms. The summed E-state index contributed by atoms with van der Waals surface area (Å²) in [5.74, 6) is -0.354. The zero-order chi connectivity index (χ0) is 8.97. The highest BCUT2D eigenvalue weighted by atomic mass is 16.4. The third-order valence-electron chi connectivity index (χ3n) is 1.33. The summed E-state index contributed by atoms with van der Waals surface area (Å²) in [6, 6.07) is 3.43. The van der Waals surface area contributed by atoms with Crippen LogP contribution in [0, 0.1) is 5.41 Å². The Balaban J connectivity index is 2.42. The molecule has 0 saturated carbocycles. The second-order valence-electron chi connectivity index (χ2n) is 2.43. The molecule has 4 heteroatoms. The summed E-state index contributed by atoms with van der Waals surface area (Å²) in [7, 11) is 0. The van der Waals surface area contributed by atoms with Crippen molar-refractivity contribution in [3.63, 3.8) is 0 Å². The summed E-state index contributed by atoms with van der Waals surface area (Å²) in [4.78, 5) is 10.2. The van der Waals surface area contributed by atoms with E-state index in [2.05, 4.69) is 0 Å².